The van der Waals surface area contributed by atoms with Crippen molar-refractivity contribution in [3.63, 3.8) is 0 Å². The standard InChI is InChI=1S/C16H26N2O7SSi.C10H23NO3Si/c1-16(2,3)27(4,5)25-11-10-12(15(19)20)17-26(23,24)14-9-7-6-8-13(14)18(21)22;1-10(2,3)15(4,5)14-7-6-8(11)9(12)13/h6-9,12,17H,10-11H2,1-5H3,(H,19,20);8H,6-7,11H2,1-5H3,(H,12,13). The van der Waals surface area contributed by atoms with Crippen LogP contribution in [0.5, 0.6) is 0 Å². The maximum Gasteiger partial charge on any atom is 0.321 e. The third-order valence-corrected chi connectivity index (χ3v) is 18.2. The van der Waals surface area contributed by atoms with Crippen LogP contribution in [0, 0.1) is 10.1 Å². The van der Waals surface area contributed by atoms with Gasteiger partial charge in [0, 0.05) is 19.3 Å². The van der Waals surface area contributed by atoms with Gasteiger partial charge in [-0.25, -0.2) is 8.42 Å². The Morgan fingerprint density at radius 1 is 0.929 bits per heavy atom. The lowest BCUT2D eigenvalue weighted by Crippen LogP contribution is -2.44. The molecular formula is C26H49N3O10SSi2. The van der Waals surface area contributed by atoms with Crippen LogP contribution in [0.1, 0.15) is 54.4 Å². The number of sulfonamides is 1. The molecule has 5 N–H and O–H groups in total. The molecule has 2 atom stereocenters. The van der Waals surface area contributed by atoms with Crippen molar-refractivity contribution in [3.05, 3.63) is 34.4 Å². The number of carboxylic acids is 2. The second-order valence-electron chi connectivity index (χ2n) is 13.0. The van der Waals surface area contributed by atoms with Crippen molar-refractivity contribution in [2.24, 2.45) is 5.73 Å². The van der Waals surface area contributed by atoms with Crippen molar-refractivity contribution in [1.29, 1.82) is 0 Å². The second-order valence-corrected chi connectivity index (χ2v) is 24.3. The fourth-order valence-electron chi connectivity index (χ4n) is 2.75. The summed E-state index contributed by atoms with van der Waals surface area (Å²) in [5, 5.41) is 29.1. The predicted octanol–water partition coefficient (Wildman–Crippen LogP) is 4.55. The fraction of sp³-hybridized carbons (Fsp3) is 0.692. The topological polar surface area (TPSA) is 208 Å². The number of nitrogens with one attached hydrogen (secondary N) is 1. The van der Waals surface area contributed by atoms with E-state index in [1.165, 1.54) is 12.1 Å². The Morgan fingerprint density at radius 2 is 1.36 bits per heavy atom. The first kappa shape index (κ1) is 39.8. The lowest BCUT2D eigenvalue weighted by Gasteiger charge is -2.36. The van der Waals surface area contributed by atoms with Crippen LogP contribution in [0.2, 0.25) is 36.3 Å². The highest BCUT2D eigenvalue weighted by molar-refractivity contribution is 7.89. The molecule has 0 aliphatic heterocycles. The van der Waals surface area contributed by atoms with Crippen LogP contribution in [-0.2, 0) is 28.5 Å². The molecule has 42 heavy (non-hydrogen) atoms. The van der Waals surface area contributed by atoms with E-state index < -0.39 is 66.2 Å². The molecule has 0 saturated carbocycles. The highest BCUT2D eigenvalue weighted by atomic mass is 32.2. The van der Waals surface area contributed by atoms with Gasteiger partial charge in [0.05, 0.1) is 4.92 Å². The molecule has 0 heterocycles. The molecule has 0 saturated heterocycles. The summed E-state index contributed by atoms with van der Waals surface area (Å²) in [5.74, 6) is -2.34. The minimum atomic E-state index is -4.39. The molecule has 0 radical (unpaired) electrons. The minimum Gasteiger partial charge on any atom is -0.480 e. The summed E-state index contributed by atoms with van der Waals surface area (Å²) in [7, 11) is -8.26. The van der Waals surface area contributed by atoms with Gasteiger partial charge in [0.1, 0.15) is 12.1 Å². The Bertz CT molecular complexity index is 1180. The molecule has 0 bridgehead atoms. The first-order valence-electron chi connectivity index (χ1n) is 13.5. The van der Waals surface area contributed by atoms with Crippen LogP contribution in [-0.4, -0.2) is 77.4 Å². The van der Waals surface area contributed by atoms with E-state index in [4.69, 9.17) is 19.7 Å². The fourth-order valence-corrected chi connectivity index (χ4v) is 6.27. The van der Waals surface area contributed by atoms with Crippen molar-refractivity contribution in [1.82, 2.24) is 4.72 Å². The van der Waals surface area contributed by atoms with Crippen molar-refractivity contribution in [3.8, 4) is 0 Å². The van der Waals surface area contributed by atoms with E-state index in [0.29, 0.717) is 13.0 Å². The average Bonchev–Trinajstić information content (AvgIpc) is 2.81. The van der Waals surface area contributed by atoms with E-state index in [-0.39, 0.29) is 23.1 Å². The van der Waals surface area contributed by atoms with Crippen LogP contribution >= 0.6 is 0 Å². The smallest absolute Gasteiger partial charge is 0.321 e. The Balaban J connectivity index is 0.000000951. The average molecular weight is 652 g/mol. The van der Waals surface area contributed by atoms with Crippen LogP contribution in [0.15, 0.2) is 29.2 Å². The van der Waals surface area contributed by atoms with Gasteiger partial charge in [0.25, 0.3) is 5.69 Å². The normalized spacial score (nSPS) is 14.4. The van der Waals surface area contributed by atoms with Gasteiger partial charge in [0.2, 0.25) is 10.0 Å². The Kier molecular flexibility index (Phi) is 14.7. The van der Waals surface area contributed by atoms with Crippen molar-refractivity contribution in [2.45, 2.75) is 108 Å². The number of aliphatic carboxylic acids is 2. The second kappa shape index (κ2) is 15.5. The highest BCUT2D eigenvalue weighted by Gasteiger charge is 2.38. The third kappa shape index (κ3) is 12.6. The van der Waals surface area contributed by atoms with Gasteiger partial charge >= 0.3 is 11.9 Å². The van der Waals surface area contributed by atoms with Crippen molar-refractivity contribution in [2.75, 3.05) is 13.2 Å². The largest absolute Gasteiger partial charge is 0.480 e. The lowest BCUT2D eigenvalue weighted by molar-refractivity contribution is -0.387. The summed E-state index contributed by atoms with van der Waals surface area (Å²) in [6, 6.07) is 2.50. The summed E-state index contributed by atoms with van der Waals surface area (Å²) in [6.07, 6.45) is 0.281. The van der Waals surface area contributed by atoms with E-state index in [2.05, 4.69) is 33.9 Å². The number of carboxylic acid groups (broad SMARTS) is 2. The van der Waals surface area contributed by atoms with Gasteiger partial charge in [-0.2, -0.15) is 4.72 Å². The molecule has 1 aromatic rings. The number of nitro benzene ring substituents is 1. The molecule has 0 aliphatic rings. The molecular weight excluding hydrogens is 603 g/mol. The molecule has 0 amide bonds. The zero-order chi connectivity index (χ0) is 33.3. The summed E-state index contributed by atoms with van der Waals surface area (Å²) in [4.78, 5) is 31.6. The van der Waals surface area contributed by atoms with E-state index >= 15 is 0 Å². The summed E-state index contributed by atoms with van der Waals surface area (Å²) in [5.41, 5.74) is 4.77. The Morgan fingerprint density at radius 3 is 1.74 bits per heavy atom. The van der Waals surface area contributed by atoms with Crippen LogP contribution in [0.3, 0.4) is 0 Å². The van der Waals surface area contributed by atoms with E-state index in [1.54, 1.807) is 0 Å². The van der Waals surface area contributed by atoms with Crippen LogP contribution in [0.25, 0.3) is 0 Å². The molecule has 1 rings (SSSR count). The molecule has 0 spiro atoms. The SMILES string of the molecule is CC(C)(C)[Si](C)(C)OCCC(N)C(=O)O.CC(C)(C)[Si](C)(C)OCCC(NS(=O)(=O)c1ccccc1[N+](=O)[O-])C(=O)O. The van der Waals surface area contributed by atoms with Gasteiger partial charge in [-0.1, -0.05) is 53.7 Å². The molecule has 16 heteroatoms. The highest BCUT2D eigenvalue weighted by Crippen LogP contribution is 2.37. The molecule has 1 aromatic carbocycles. The Hall–Kier alpha value is -2.22. The van der Waals surface area contributed by atoms with Crippen molar-refractivity contribution < 1.29 is 42.0 Å². The maximum atomic E-state index is 12.5. The van der Waals surface area contributed by atoms with Gasteiger partial charge in [-0.15, -0.1) is 0 Å². The van der Waals surface area contributed by atoms with Crippen LogP contribution in [0.4, 0.5) is 5.69 Å². The quantitative estimate of drug-likeness (QED) is 0.125. The van der Waals surface area contributed by atoms with Crippen LogP contribution < -0.4 is 10.5 Å². The number of hydrogen-bond donors (Lipinski definition) is 4. The molecule has 242 valence electrons. The zero-order valence-corrected chi connectivity index (χ0v) is 29.2. The summed E-state index contributed by atoms with van der Waals surface area (Å²) in [6.45, 7) is 21.3. The first-order chi connectivity index (χ1) is 18.8. The number of hydrogen-bond acceptors (Lipinski definition) is 9. The number of nitrogens with two attached hydrogens (primary N) is 1. The summed E-state index contributed by atoms with van der Waals surface area (Å²) < 4.78 is 38.7. The molecule has 0 fully saturated rings. The van der Waals surface area contributed by atoms with Gasteiger partial charge in [0.15, 0.2) is 21.5 Å². The third-order valence-electron chi connectivity index (χ3n) is 7.64. The zero-order valence-electron chi connectivity index (χ0n) is 26.4. The lowest BCUT2D eigenvalue weighted by atomic mass is 10.2. The number of rotatable bonds is 14. The predicted molar refractivity (Wildman–Crippen MR) is 166 cm³/mol. The van der Waals surface area contributed by atoms with E-state index in [0.717, 1.165) is 12.1 Å². The summed E-state index contributed by atoms with van der Waals surface area (Å²) >= 11 is 0. The van der Waals surface area contributed by atoms with Gasteiger partial charge < -0.3 is 24.8 Å². The Labute approximate surface area is 251 Å². The monoisotopic (exact) mass is 651 g/mol. The van der Waals surface area contributed by atoms with Gasteiger partial charge in [-0.05, 0) is 55.2 Å². The van der Waals surface area contributed by atoms with Gasteiger partial charge in [-0.3, -0.25) is 19.7 Å². The first-order valence-corrected chi connectivity index (χ1v) is 20.8. The van der Waals surface area contributed by atoms with Crippen molar-refractivity contribution >= 4 is 44.3 Å². The number of benzene rings is 1. The molecule has 0 aliphatic carbocycles. The number of nitrogens with zero attached hydrogens (tertiary/aromatic N) is 1. The van der Waals surface area contributed by atoms with E-state index in [9.17, 15) is 33.2 Å². The molecule has 13 nitrogen and oxygen atoms in total. The molecule has 0 aromatic heterocycles. The number of nitro groups is 1. The maximum absolute atomic E-state index is 12.5. The number of para-hydroxylation sites is 1. The molecule has 2 unspecified atom stereocenters. The minimum absolute atomic E-state index is 0.0624. The van der Waals surface area contributed by atoms with E-state index in [1.807, 2.05) is 38.6 Å². The number of carbonyl (C=O) groups is 2.